The second kappa shape index (κ2) is 12.7. The number of hydrogen-bond acceptors (Lipinski definition) is 4. The van der Waals surface area contributed by atoms with Gasteiger partial charge in [-0.1, -0.05) is 140 Å². The van der Waals surface area contributed by atoms with Crippen LogP contribution in [0.2, 0.25) is 0 Å². The molecule has 9 rings (SSSR count). The summed E-state index contributed by atoms with van der Waals surface area (Å²) in [7, 11) is 0. The summed E-state index contributed by atoms with van der Waals surface area (Å²) >= 11 is 0. The van der Waals surface area contributed by atoms with Crippen LogP contribution in [0.15, 0.2) is 175 Å². The number of nitrogens with zero attached hydrogens (tertiary/aromatic N) is 2. The molecule has 1 aromatic heterocycles. The summed E-state index contributed by atoms with van der Waals surface area (Å²) in [4.78, 5) is 4.96. The first-order valence-corrected chi connectivity index (χ1v) is 17.6. The summed E-state index contributed by atoms with van der Waals surface area (Å²) in [5.74, 6) is 0. The largest absolute Gasteiger partial charge is 0.377 e. The Labute approximate surface area is 298 Å². The van der Waals surface area contributed by atoms with Crippen molar-refractivity contribution in [3.05, 3.63) is 192 Å². The maximum atomic E-state index is 6.63. The highest BCUT2D eigenvalue weighted by molar-refractivity contribution is 6.11. The summed E-state index contributed by atoms with van der Waals surface area (Å²) in [6, 6.07) is 51.5. The Morgan fingerprint density at radius 1 is 0.725 bits per heavy atom. The minimum atomic E-state index is -0.372. The number of aliphatic imine (C=N–C) groups is 1. The van der Waals surface area contributed by atoms with Crippen LogP contribution in [0, 0.1) is 0 Å². The maximum Gasteiger partial charge on any atom is 0.127 e. The molecule has 248 valence electrons. The number of rotatable bonds is 8. The van der Waals surface area contributed by atoms with E-state index in [-0.39, 0.29) is 23.8 Å². The zero-order valence-corrected chi connectivity index (χ0v) is 28.4. The maximum absolute atomic E-state index is 6.63. The predicted octanol–water partition coefficient (Wildman–Crippen LogP) is 9.99. The van der Waals surface area contributed by atoms with E-state index in [0.29, 0.717) is 0 Å². The molecule has 2 heterocycles. The highest BCUT2D eigenvalue weighted by atomic mass is 15.1. The van der Waals surface area contributed by atoms with Crippen LogP contribution in [-0.2, 0) is 5.41 Å². The van der Waals surface area contributed by atoms with Crippen molar-refractivity contribution < 1.29 is 0 Å². The molecule has 2 aliphatic rings. The lowest BCUT2D eigenvalue weighted by Crippen LogP contribution is -2.33. The van der Waals surface area contributed by atoms with Crippen LogP contribution in [0.25, 0.3) is 38.6 Å². The third-order valence-electron chi connectivity index (χ3n) is 10.5. The van der Waals surface area contributed by atoms with E-state index in [1.165, 1.54) is 33.1 Å². The number of nitrogens with one attached hydrogen (secondary N) is 2. The summed E-state index contributed by atoms with van der Waals surface area (Å²) in [6.07, 6.45) is 10.1. The van der Waals surface area contributed by atoms with E-state index in [0.717, 1.165) is 33.5 Å². The molecule has 0 radical (unpaired) electrons. The molecular weight excluding hydrogens is 623 g/mol. The number of aromatic nitrogens is 1. The van der Waals surface area contributed by atoms with Crippen LogP contribution in [0.5, 0.6) is 0 Å². The zero-order chi connectivity index (χ0) is 34.4. The number of fused-ring (bicyclic) bond motifs is 6. The molecular formula is C46H39N5. The quantitative estimate of drug-likeness (QED) is 0.112. The van der Waals surface area contributed by atoms with Gasteiger partial charge in [0.05, 0.1) is 23.2 Å². The summed E-state index contributed by atoms with van der Waals surface area (Å²) in [5, 5.41) is 9.88. The van der Waals surface area contributed by atoms with Crippen LogP contribution in [0.4, 0.5) is 5.69 Å². The van der Waals surface area contributed by atoms with Crippen molar-refractivity contribution in [3.63, 3.8) is 0 Å². The summed E-state index contributed by atoms with van der Waals surface area (Å²) in [6.45, 7) is 2.34. The third kappa shape index (κ3) is 5.57. The first kappa shape index (κ1) is 31.0. The average Bonchev–Trinajstić information content (AvgIpc) is 3.67. The Hall–Kier alpha value is -6.01. The van der Waals surface area contributed by atoms with Crippen molar-refractivity contribution in [1.82, 2.24) is 9.88 Å². The van der Waals surface area contributed by atoms with Crippen LogP contribution in [-0.4, -0.2) is 16.8 Å². The number of anilines is 1. The molecule has 4 unspecified atom stereocenters. The number of allylic oxidation sites excluding steroid dienone is 2. The van der Waals surface area contributed by atoms with E-state index in [9.17, 15) is 0 Å². The van der Waals surface area contributed by atoms with E-state index in [1.54, 1.807) is 0 Å². The molecule has 0 amide bonds. The molecule has 1 aliphatic heterocycles. The van der Waals surface area contributed by atoms with Gasteiger partial charge in [0, 0.05) is 33.8 Å². The van der Waals surface area contributed by atoms with Gasteiger partial charge in [-0.25, -0.2) is 0 Å². The number of para-hydroxylation sites is 1. The molecule has 51 heavy (non-hydrogen) atoms. The molecule has 0 saturated carbocycles. The highest BCUT2D eigenvalue weighted by Gasteiger charge is 2.41. The second-order valence-corrected chi connectivity index (χ2v) is 13.7. The van der Waals surface area contributed by atoms with Crippen molar-refractivity contribution in [1.29, 1.82) is 0 Å². The van der Waals surface area contributed by atoms with Gasteiger partial charge in [0.1, 0.15) is 6.17 Å². The van der Waals surface area contributed by atoms with Gasteiger partial charge < -0.3 is 15.6 Å². The Balaban J connectivity index is 1.07. The molecule has 0 fully saturated rings. The lowest BCUT2D eigenvalue weighted by Gasteiger charge is -2.28. The van der Waals surface area contributed by atoms with E-state index < -0.39 is 0 Å². The Morgan fingerprint density at radius 2 is 1.49 bits per heavy atom. The summed E-state index contributed by atoms with van der Waals surface area (Å²) < 4.78 is 2.41. The molecule has 0 spiro atoms. The van der Waals surface area contributed by atoms with E-state index >= 15 is 0 Å². The smallest absolute Gasteiger partial charge is 0.127 e. The Bertz CT molecular complexity index is 2460. The molecule has 0 bridgehead atoms. The minimum Gasteiger partial charge on any atom is -0.377 e. The highest BCUT2D eigenvalue weighted by Crippen LogP contribution is 2.47. The minimum absolute atomic E-state index is 0.0679. The third-order valence-corrected chi connectivity index (χ3v) is 10.5. The van der Waals surface area contributed by atoms with Gasteiger partial charge in [-0.3, -0.25) is 10.3 Å². The normalized spacial score (nSPS) is 18.9. The predicted molar refractivity (Wildman–Crippen MR) is 213 cm³/mol. The van der Waals surface area contributed by atoms with Gasteiger partial charge in [-0.2, -0.15) is 0 Å². The average molecular weight is 662 g/mol. The fourth-order valence-corrected chi connectivity index (χ4v) is 7.75. The SMILES string of the molecule is CC12C=CC=CC1Nc1cc3c(cc12)c1ccccc1n3-c1cccc(-c2ccc(C(N=Cc3ccccc3)NC(N)c3ccccc3)cc2)c1. The van der Waals surface area contributed by atoms with Crippen molar-refractivity contribution in [3.8, 4) is 16.8 Å². The van der Waals surface area contributed by atoms with Gasteiger partial charge in [0.25, 0.3) is 0 Å². The van der Waals surface area contributed by atoms with Gasteiger partial charge in [-0.15, -0.1) is 0 Å². The molecule has 0 saturated heterocycles. The second-order valence-electron chi connectivity index (χ2n) is 13.7. The van der Waals surface area contributed by atoms with Crippen LogP contribution in [0.1, 0.15) is 41.5 Å². The molecule has 6 aromatic carbocycles. The van der Waals surface area contributed by atoms with Crippen LogP contribution in [0.3, 0.4) is 0 Å². The number of benzene rings is 6. The van der Waals surface area contributed by atoms with E-state index in [1.807, 2.05) is 54.7 Å². The number of hydrogen-bond donors (Lipinski definition) is 3. The van der Waals surface area contributed by atoms with Gasteiger partial charge in [0.15, 0.2) is 0 Å². The molecule has 4 N–H and O–H groups in total. The standard InChI is InChI=1S/C46H39N5/c1-46-26-11-10-21-43(46)49-40-29-42-38(28-39(40)46)37-19-8-9-20-41(37)51(42)36-18-12-17-35(27-36)32-22-24-34(25-23-32)45(48-30-31-13-4-2-5-14-31)50-44(47)33-15-6-3-7-16-33/h2-30,43-45,49-50H,47H2,1H3. The lowest BCUT2D eigenvalue weighted by atomic mass is 9.76. The number of nitrogens with two attached hydrogens (primary N) is 1. The van der Waals surface area contributed by atoms with Crippen molar-refractivity contribution >= 4 is 33.7 Å². The molecule has 5 nitrogen and oxygen atoms in total. The molecule has 1 aliphatic carbocycles. The molecule has 5 heteroatoms. The van der Waals surface area contributed by atoms with Crippen LogP contribution < -0.4 is 16.4 Å². The lowest BCUT2D eigenvalue weighted by molar-refractivity contribution is 0.467. The monoisotopic (exact) mass is 661 g/mol. The fraction of sp³-hybridized carbons (Fsp3) is 0.109. The first-order chi connectivity index (χ1) is 25.0. The van der Waals surface area contributed by atoms with Gasteiger partial charge in [0.2, 0.25) is 0 Å². The summed E-state index contributed by atoms with van der Waals surface area (Å²) in [5.41, 5.74) is 18.0. The Kier molecular flexibility index (Phi) is 7.72. The molecule has 7 aromatic rings. The van der Waals surface area contributed by atoms with Crippen molar-refractivity contribution in [2.45, 2.75) is 30.7 Å². The fourth-order valence-electron chi connectivity index (χ4n) is 7.75. The zero-order valence-electron chi connectivity index (χ0n) is 28.4. The van der Waals surface area contributed by atoms with Crippen molar-refractivity contribution in [2.24, 2.45) is 10.7 Å². The van der Waals surface area contributed by atoms with Gasteiger partial charge in [-0.05, 0) is 70.6 Å². The van der Waals surface area contributed by atoms with E-state index in [4.69, 9.17) is 10.7 Å². The first-order valence-electron chi connectivity index (χ1n) is 17.6. The Morgan fingerprint density at radius 3 is 2.31 bits per heavy atom. The van der Waals surface area contributed by atoms with Gasteiger partial charge >= 0.3 is 0 Å². The van der Waals surface area contributed by atoms with E-state index in [2.05, 4.69) is 143 Å². The molecule has 4 atom stereocenters. The van der Waals surface area contributed by atoms with Crippen LogP contribution >= 0.6 is 0 Å². The topological polar surface area (TPSA) is 67.4 Å². The van der Waals surface area contributed by atoms with Crippen molar-refractivity contribution in [2.75, 3.05) is 5.32 Å².